The molecule has 5 nitrogen and oxygen atoms in total. The lowest BCUT2D eigenvalue weighted by Gasteiger charge is -2.32. The number of nitrogens with zero attached hydrogens (tertiary/aromatic N) is 3. The Balaban J connectivity index is 1.30. The number of carbonyl (C=O) groups excluding carboxylic acids is 1. The molecular formula is C23H26N4O. The van der Waals surface area contributed by atoms with Crippen molar-refractivity contribution in [3.05, 3.63) is 66.4 Å². The van der Waals surface area contributed by atoms with E-state index in [0.717, 1.165) is 42.8 Å². The molecule has 1 aliphatic rings. The number of anilines is 1. The lowest BCUT2D eigenvalue weighted by molar-refractivity contribution is -0.125. The third-order valence-electron chi connectivity index (χ3n) is 5.58. The van der Waals surface area contributed by atoms with Crippen LogP contribution in [0.2, 0.25) is 0 Å². The quantitative estimate of drug-likeness (QED) is 0.739. The van der Waals surface area contributed by atoms with E-state index in [4.69, 9.17) is 4.98 Å². The van der Waals surface area contributed by atoms with Crippen LogP contribution in [-0.2, 0) is 4.79 Å². The highest BCUT2D eigenvalue weighted by atomic mass is 16.1. The number of carbonyl (C=O) groups is 1. The summed E-state index contributed by atoms with van der Waals surface area (Å²) in [6, 6.07) is 18.2. The summed E-state index contributed by atoms with van der Waals surface area (Å²) in [5.41, 5.74) is 3.08. The molecule has 0 radical (unpaired) electrons. The number of hydrogen-bond donors (Lipinski definition) is 1. The van der Waals surface area contributed by atoms with Gasteiger partial charge in [-0.15, -0.1) is 0 Å². The minimum Gasteiger partial charge on any atom is -0.355 e. The second kappa shape index (κ2) is 8.38. The largest absolute Gasteiger partial charge is 0.355 e. The Morgan fingerprint density at radius 1 is 1.07 bits per heavy atom. The Kier molecular flexibility index (Phi) is 5.51. The van der Waals surface area contributed by atoms with E-state index in [1.807, 2.05) is 48.7 Å². The molecular weight excluding hydrogens is 348 g/mol. The highest BCUT2D eigenvalue weighted by Crippen LogP contribution is 2.23. The van der Waals surface area contributed by atoms with Crippen LogP contribution in [0.5, 0.6) is 0 Å². The molecule has 144 valence electrons. The third-order valence-corrected chi connectivity index (χ3v) is 5.58. The lowest BCUT2D eigenvalue weighted by Crippen LogP contribution is -2.41. The van der Waals surface area contributed by atoms with Crippen LogP contribution in [0.15, 0.2) is 60.8 Å². The summed E-state index contributed by atoms with van der Waals surface area (Å²) >= 11 is 0. The first kappa shape index (κ1) is 18.4. The van der Waals surface area contributed by atoms with E-state index in [-0.39, 0.29) is 11.8 Å². The van der Waals surface area contributed by atoms with Gasteiger partial charge in [-0.1, -0.05) is 49.4 Å². The molecule has 2 heterocycles. The van der Waals surface area contributed by atoms with Gasteiger partial charge < -0.3 is 10.2 Å². The molecule has 1 N–H and O–H groups in total. The molecule has 1 amide bonds. The normalized spacial score (nSPS) is 16.1. The number of rotatable bonds is 5. The number of fused-ring (bicyclic) bond motifs is 1. The van der Waals surface area contributed by atoms with E-state index in [1.165, 1.54) is 5.56 Å². The Bertz CT molecular complexity index is 935. The standard InChI is InChI=1S/C23H26N4O/c1-17(18-7-3-2-4-8-18)15-25-23(28)19-11-13-27(14-12-19)22-16-24-20-9-5-6-10-21(20)26-22/h2-10,16-17,19H,11-15H2,1H3,(H,25,28)/t17-/m1/s1. The molecule has 5 heteroatoms. The second-order valence-corrected chi connectivity index (χ2v) is 7.54. The smallest absolute Gasteiger partial charge is 0.223 e. The van der Waals surface area contributed by atoms with Gasteiger partial charge in [0, 0.05) is 25.6 Å². The first-order valence-electron chi connectivity index (χ1n) is 10.00. The summed E-state index contributed by atoms with van der Waals surface area (Å²) < 4.78 is 0. The number of benzene rings is 2. The monoisotopic (exact) mass is 374 g/mol. The molecule has 3 aromatic rings. The molecule has 0 spiro atoms. The van der Waals surface area contributed by atoms with Crippen LogP contribution in [0.4, 0.5) is 5.82 Å². The summed E-state index contributed by atoms with van der Waals surface area (Å²) in [6.07, 6.45) is 3.53. The molecule has 1 fully saturated rings. The topological polar surface area (TPSA) is 58.1 Å². The van der Waals surface area contributed by atoms with Crippen molar-refractivity contribution in [3.8, 4) is 0 Å². The summed E-state index contributed by atoms with van der Waals surface area (Å²) in [5.74, 6) is 1.47. The van der Waals surface area contributed by atoms with Gasteiger partial charge in [-0.25, -0.2) is 4.98 Å². The molecule has 1 aromatic heterocycles. The fourth-order valence-corrected chi connectivity index (χ4v) is 3.77. The first-order chi connectivity index (χ1) is 13.7. The van der Waals surface area contributed by atoms with Gasteiger partial charge in [0.2, 0.25) is 5.91 Å². The number of nitrogens with one attached hydrogen (secondary N) is 1. The highest BCUT2D eigenvalue weighted by Gasteiger charge is 2.26. The number of para-hydroxylation sites is 2. The van der Waals surface area contributed by atoms with Crippen molar-refractivity contribution >= 4 is 22.8 Å². The predicted octanol–water partition coefficient (Wildman–Crippen LogP) is 3.77. The average Bonchev–Trinajstić information content (AvgIpc) is 2.77. The maximum Gasteiger partial charge on any atom is 0.223 e. The van der Waals surface area contributed by atoms with Crippen molar-refractivity contribution in [3.63, 3.8) is 0 Å². The predicted molar refractivity (Wildman–Crippen MR) is 112 cm³/mol. The van der Waals surface area contributed by atoms with E-state index in [1.54, 1.807) is 0 Å². The summed E-state index contributed by atoms with van der Waals surface area (Å²) in [7, 11) is 0. The molecule has 0 unspecified atom stereocenters. The zero-order chi connectivity index (χ0) is 19.3. The first-order valence-corrected chi connectivity index (χ1v) is 10.00. The fraction of sp³-hybridized carbons (Fsp3) is 0.348. The van der Waals surface area contributed by atoms with E-state index in [9.17, 15) is 4.79 Å². The maximum absolute atomic E-state index is 12.6. The van der Waals surface area contributed by atoms with Crippen LogP contribution < -0.4 is 10.2 Å². The third kappa shape index (κ3) is 4.14. The zero-order valence-electron chi connectivity index (χ0n) is 16.2. The number of aromatic nitrogens is 2. The van der Waals surface area contributed by atoms with Crippen LogP contribution in [0, 0.1) is 5.92 Å². The number of amides is 1. The van der Waals surface area contributed by atoms with Crippen LogP contribution in [0.3, 0.4) is 0 Å². The summed E-state index contributed by atoms with van der Waals surface area (Å²) in [6.45, 7) is 4.49. The van der Waals surface area contributed by atoms with Crippen molar-refractivity contribution in [2.24, 2.45) is 5.92 Å². The summed E-state index contributed by atoms with van der Waals surface area (Å²) in [5, 5.41) is 3.14. The van der Waals surface area contributed by atoms with Gasteiger partial charge >= 0.3 is 0 Å². The minimum absolute atomic E-state index is 0.0765. The van der Waals surface area contributed by atoms with E-state index >= 15 is 0 Å². The Hall–Kier alpha value is -2.95. The lowest BCUT2D eigenvalue weighted by atomic mass is 9.95. The van der Waals surface area contributed by atoms with Crippen molar-refractivity contribution in [1.29, 1.82) is 0 Å². The second-order valence-electron chi connectivity index (χ2n) is 7.54. The van der Waals surface area contributed by atoms with Crippen molar-refractivity contribution in [1.82, 2.24) is 15.3 Å². The van der Waals surface area contributed by atoms with E-state index in [0.29, 0.717) is 12.5 Å². The summed E-state index contributed by atoms with van der Waals surface area (Å²) in [4.78, 5) is 24.1. The van der Waals surface area contributed by atoms with E-state index < -0.39 is 0 Å². The fourth-order valence-electron chi connectivity index (χ4n) is 3.77. The van der Waals surface area contributed by atoms with Crippen molar-refractivity contribution < 1.29 is 4.79 Å². The minimum atomic E-state index is 0.0765. The van der Waals surface area contributed by atoms with Crippen LogP contribution >= 0.6 is 0 Å². The molecule has 1 atom stereocenters. The Labute approximate surface area is 165 Å². The van der Waals surface area contributed by atoms with Crippen molar-refractivity contribution in [2.75, 3.05) is 24.5 Å². The van der Waals surface area contributed by atoms with E-state index in [2.05, 4.69) is 34.3 Å². The SMILES string of the molecule is C[C@H](CNC(=O)C1CCN(c2cnc3ccccc3n2)CC1)c1ccccc1. The average molecular weight is 374 g/mol. The van der Waals surface area contributed by atoms with Gasteiger partial charge in [0.25, 0.3) is 0 Å². The van der Waals surface area contributed by atoms with Gasteiger partial charge in [-0.3, -0.25) is 9.78 Å². The maximum atomic E-state index is 12.6. The van der Waals surface area contributed by atoms with Gasteiger partial charge in [-0.05, 0) is 36.5 Å². The van der Waals surface area contributed by atoms with Gasteiger partial charge in [0.15, 0.2) is 0 Å². The highest BCUT2D eigenvalue weighted by molar-refractivity contribution is 5.79. The van der Waals surface area contributed by atoms with Crippen LogP contribution in [0.25, 0.3) is 11.0 Å². The van der Waals surface area contributed by atoms with Crippen molar-refractivity contribution in [2.45, 2.75) is 25.7 Å². The Morgan fingerprint density at radius 3 is 2.50 bits per heavy atom. The zero-order valence-corrected chi connectivity index (χ0v) is 16.2. The molecule has 0 bridgehead atoms. The molecule has 0 aliphatic carbocycles. The molecule has 2 aromatic carbocycles. The van der Waals surface area contributed by atoms with Gasteiger partial charge in [0.05, 0.1) is 17.2 Å². The van der Waals surface area contributed by atoms with Crippen LogP contribution in [0.1, 0.15) is 31.2 Å². The Morgan fingerprint density at radius 2 is 1.75 bits per heavy atom. The van der Waals surface area contributed by atoms with Gasteiger partial charge in [-0.2, -0.15) is 0 Å². The van der Waals surface area contributed by atoms with Gasteiger partial charge in [0.1, 0.15) is 5.82 Å². The van der Waals surface area contributed by atoms with Crippen LogP contribution in [-0.4, -0.2) is 35.5 Å². The molecule has 4 rings (SSSR count). The number of hydrogen-bond acceptors (Lipinski definition) is 4. The molecule has 28 heavy (non-hydrogen) atoms. The molecule has 0 saturated carbocycles. The molecule has 1 aliphatic heterocycles. The number of piperidine rings is 1. The molecule has 1 saturated heterocycles.